The Bertz CT molecular complexity index is 872. The number of hydrogen-bond donors (Lipinski definition) is 1. The Labute approximate surface area is 152 Å². The monoisotopic (exact) mass is 348 g/mol. The van der Waals surface area contributed by atoms with Gasteiger partial charge in [0, 0.05) is 30.5 Å². The zero-order valence-electron chi connectivity index (χ0n) is 14.3. The van der Waals surface area contributed by atoms with Gasteiger partial charge in [-0.1, -0.05) is 42.5 Å². The molecule has 0 fully saturated rings. The molecule has 0 aliphatic carbocycles. The Hall–Kier alpha value is -3.34. The number of nitrogens with zero attached hydrogens (tertiary/aromatic N) is 2. The summed E-state index contributed by atoms with van der Waals surface area (Å²) in [7, 11) is 0. The molecule has 3 rings (SSSR count). The molecule has 0 amide bonds. The molecule has 1 aromatic heterocycles. The summed E-state index contributed by atoms with van der Waals surface area (Å²) in [5, 5.41) is 13.1. The molecule has 26 heavy (non-hydrogen) atoms. The van der Waals surface area contributed by atoms with E-state index >= 15 is 0 Å². The number of carbonyl (C=O) groups is 1. The predicted molar refractivity (Wildman–Crippen MR) is 100 cm³/mol. The topological polar surface area (TPSA) is 64.3 Å². The first kappa shape index (κ1) is 17.5. The van der Waals surface area contributed by atoms with E-state index in [-0.39, 0.29) is 0 Å². The third kappa shape index (κ3) is 5.08. The van der Waals surface area contributed by atoms with Crippen molar-refractivity contribution < 1.29 is 14.6 Å². The molecule has 3 aromatic rings. The summed E-state index contributed by atoms with van der Waals surface area (Å²) in [6.45, 7) is 1.15. The van der Waals surface area contributed by atoms with Crippen molar-refractivity contribution in [2.24, 2.45) is 0 Å². The molecule has 132 valence electrons. The maximum Gasteiger partial charge on any atom is 0.328 e. The van der Waals surface area contributed by atoms with Crippen LogP contribution in [0.2, 0.25) is 0 Å². The second-order valence-electron chi connectivity index (χ2n) is 5.83. The molecule has 0 aliphatic heterocycles. The van der Waals surface area contributed by atoms with Crippen molar-refractivity contribution in [3.63, 3.8) is 0 Å². The number of rotatable bonds is 8. The fraction of sp³-hybridized carbons (Fsp3) is 0.143. The first-order valence-electron chi connectivity index (χ1n) is 8.39. The van der Waals surface area contributed by atoms with Crippen molar-refractivity contribution >= 4 is 12.0 Å². The zero-order chi connectivity index (χ0) is 18.2. The molecule has 0 saturated heterocycles. The maximum atomic E-state index is 10.8. The molecule has 0 unspecified atom stereocenters. The van der Waals surface area contributed by atoms with E-state index in [1.807, 2.05) is 53.3 Å². The summed E-state index contributed by atoms with van der Waals surface area (Å²) >= 11 is 0. The average molecular weight is 348 g/mol. The highest BCUT2D eigenvalue weighted by Gasteiger charge is 2.05. The van der Waals surface area contributed by atoms with Crippen LogP contribution in [-0.4, -0.2) is 27.5 Å². The Morgan fingerprint density at radius 2 is 1.96 bits per heavy atom. The summed E-state index contributed by atoms with van der Waals surface area (Å²) < 4.78 is 7.79. The van der Waals surface area contributed by atoms with Gasteiger partial charge in [0.15, 0.2) is 0 Å². The van der Waals surface area contributed by atoms with Crippen molar-refractivity contribution in [3.05, 3.63) is 89.8 Å². The van der Waals surface area contributed by atoms with Gasteiger partial charge in [-0.3, -0.25) is 4.68 Å². The maximum absolute atomic E-state index is 10.8. The minimum absolute atomic E-state index is 0.517. The lowest BCUT2D eigenvalue weighted by molar-refractivity contribution is -0.131. The lowest BCUT2D eigenvalue weighted by Crippen LogP contribution is -2.05. The first-order valence-corrected chi connectivity index (χ1v) is 8.39. The Kier molecular flexibility index (Phi) is 5.83. The van der Waals surface area contributed by atoms with Gasteiger partial charge in [0.25, 0.3) is 0 Å². The summed E-state index contributed by atoms with van der Waals surface area (Å²) in [5.41, 5.74) is 2.98. The van der Waals surface area contributed by atoms with E-state index in [0.29, 0.717) is 18.9 Å². The molecule has 5 nitrogen and oxygen atoms in total. The highest BCUT2D eigenvalue weighted by molar-refractivity contribution is 5.85. The van der Waals surface area contributed by atoms with E-state index in [1.54, 1.807) is 12.3 Å². The highest BCUT2D eigenvalue weighted by atomic mass is 16.5. The highest BCUT2D eigenvalue weighted by Crippen LogP contribution is 2.23. The number of benzene rings is 2. The quantitative estimate of drug-likeness (QED) is 0.631. The Balaban J connectivity index is 1.74. The van der Waals surface area contributed by atoms with Gasteiger partial charge in [0.2, 0.25) is 0 Å². The molecule has 0 radical (unpaired) electrons. The zero-order valence-corrected chi connectivity index (χ0v) is 14.3. The van der Waals surface area contributed by atoms with Crippen molar-refractivity contribution in [2.75, 3.05) is 6.61 Å². The van der Waals surface area contributed by atoms with E-state index < -0.39 is 5.97 Å². The molecule has 1 heterocycles. The van der Waals surface area contributed by atoms with Crippen LogP contribution in [0.3, 0.4) is 0 Å². The lowest BCUT2D eigenvalue weighted by Gasteiger charge is -2.12. The predicted octanol–water partition coefficient (Wildman–Crippen LogP) is 3.65. The van der Waals surface area contributed by atoms with Crippen LogP contribution in [0.1, 0.15) is 16.7 Å². The minimum Gasteiger partial charge on any atom is -0.493 e. The van der Waals surface area contributed by atoms with Gasteiger partial charge in [0.1, 0.15) is 5.75 Å². The molecule has 0 aliphatic rings. The molecule has 0 saturated carbocycles. The van der Waals surface area contributed by atoms with Crippen LogP contribution in [0.25, 0.3) is 6.08 Å². The fourth-order valence-electron chi connectivity index (χ4n) is 2.61. The molecule has 0 bridgehead atoms. The van der Waals surface area contributed by atoms with Crippen LogP contribution in [0.4, 0.5) is 0 Å². The summed E-state index contributed by atoms with van der Waals surface area (Å²) in [4.78, 5) is 10.8. The fourth-order valence-corrected chi connectivity index (χ4v) is 2.61. The molecular formula is C21H20N2O3. The van der Waals surface area contributed by atoms with Crippen molar-refractivity contribution in [3.8, 4) is 5.75 Å². The molecule has 2 aromatic carbocycles. The van der Waals surface area contributed by atoms with Gasteiger partial charge >= 0.3 is 5.97 Å². The van der Waals surface area contributed by atoms with Crippen LogP contribution >= 0.6 is 0 Å². The number of carboxylic acids is 1. The van der Waals surface area contributed by atoms with E-state index in [0.717, 1.165) is 23.6 Å². The average Bonchev–Trinajstić information content (AvgIpc) is 3.15. The van der Waals surface area contributed by atoms with Crippen LogP contribution < -0.4 is 4.74 Å². The second-order valence-corrected chi connectivity index (χ2v) is 5.83. The molecule has 5 heteroatoms. The third-order valence-electron chi connectivity index (χ3n) is 3.88. The van der Waals surface area contributed by atoms with Crippen LogP contribution in [0.5, 0.6) is 5.75 Å². The van der Waals surface area contributed by atoms with Gasteiger partial charge in [-0.15, -0.1) is 0 Å². The van der Waals surface area contributed by atoms with Crippen LogP contribution in [0, 0.1) is 0 Å². The van der Waals surface area contributed by atoms with E-state index in [2.05, 4.69) is 17.2 Å². The summed E-state index contributed by atoms with van der Waals surface area (Å²) in [6.07, 6.45) is 7.09. The number of ether oxygens (including phenoxy) is 1. The van der Waals surface area contributed by atoms with Gasteiger partial charge in [0.05, 0.1) is 13.2 Å². The Morgan fingerprint density at radius 3 is 2.69 bits per heavy atom. The van der Waals surface area contributed by atoms with E-state index in [1.165, 1.54) is 5.56 Å². The van der Waals surface area contributed by atoms with Crippen molar-refractivity contribution in [1.29, 1.82) is 0 Å². The van der Waals surface area contributed by atoms with Gasteiger partial charge < -0.3 is 9.84 Å². The lowest BCUT2D eigenvalue weighted by atomic mass is 10.1. The largest absolute Gasteiger partial charge is 0.493 e. The van der Waals surface area contributed by atoms with Crippen molar-refractivity contribution in [2.45, 2.75) is 13.0 Å². The van der Waals surface area contributed by atoms with Crippen LogP contribution in [0.15, 0.2) is 73.1 Å². The smallest absolute Gasteiger partial charge is 0.328 e. The van der Waals surface area contributed by atoms with Gasteiger partial charge in [-0.2, -0.15) is 5.10 Å². The SMILES string of the molecule is O=C(O)/C=C/c1ccc(Cn2cccn2)cc1OCCc1ccccc1. The third-order valence-corrected chi connectivity index (χ3v) is 3.88. The Morgan fingerprint density at radius 1 is 1.12 bits per heavy atom. The summed E-state index contributed by atoms with van der Waals surface area (Å²) in [5.74, 6) is -0.316. The van der Waals surface area contributed by atoms with E-state index in [4.69, 9.17) is 9.84 Å². The van der Waals surface area contributed by atoms with E-state index in [9.17, 15) is 4.79 Å². The van der Waals surface area contributed by atoms with Gasteiger partial charge in [-0.25, -0.2) is 4.79 Å². The normalized spacial score (nSPS) is 10.9. The standard InChI is InChI=1S/C21H20N2O3/c24-21(25)10-9-19-8-7-18(16-23-13-4-12-22-23)15-20(19)26-14-11-17-5-2-1-3-6-17/h1-10,12-13,15H,11,14,16H2,(H,24,25)/b10-9+. The number of aromatic nitrogens is 2. The molecule has 0 spiro atoms. The van der Waals surface area contributed by atoms with Gasteiger partial charge in [-0.05, 0) is 29.3 Å². The summed E-state index contributed by atoms with van der Waals surface area (Å²) in [6, 6.07) is 17.7. The number of carboxylic acid groups (broad SMARTS) is 1. The minimum atomic E-state index is -0.985. The van der Waals surface area contributed by atoms with Crippen LogP contribution in [-0.2, 0) is 17.8 Å². The molecule has 1 N–H and O–H groups in total. The second kappa shape index (κ2) is 8.67. The first-order chi connectivity index (χ1) is 12.7. The molecular weight excluding hydrogens is 328 g/mol. The molecule has 0 atom stereocenters. The number of aliphatic carboxylic acids is 1. The van der Waals surface area contributed by atoms with Crippen molar-refractivity contribution in [1.82, 2.24) is 9.78 Å². The number of hydrogen-bond acceptors (Lipinski definition) is 3.